The molecule has 0 aliphatic heterocycles. The van der Waals surface area contributed by atoms with Crippen LogP contribution < -0.4 is 14.8 Å². The van der Waals surface area contributed by atoms with Crippen LogP contribution in [0.2, 0.25) is 10.0 Å². The van der Waals surface area contributed by atoms with Crippen molar-refractivity contribution in [2.75, 3.05) is 12.4 Å². The molecule has 0 aliphatic carbocycles. The Morgan fingerprint density at radius 3 is 2.37 bits per heavy atom. The second-order valence-electron chi connectivity index (χ2n) is 6.85. The van der Waals surface area contributed by atoms with E-state index in [0.717, 1.165) is 6.07 Å². The molecular formula is C24H15Cl2N3O6. The third kappa shape index (κ3) is 6.35. The number of carbonyl (C=O) groups excluding carboxylic acids is 2. The summed E-state index contributed by atoms with van der Waals surface area (Å²) in [6.45, 7) is 0. The molecule has 0 saturated heterocycles. The largest absolute Gasteiger partial charge is 0.495 e. The minimum atomic E-state index is -0.790. The molecule has 0 heterocycles. The van der Waals surface area contributed by atoms with Crippen LogP contribution in [0.25, 0.3) is 6.08 Å². The molecule has 3 rings (SSSR count). The first kappa shape index (κ1) is 25.2. The van der Waals surface area contributed by atoms with E-state index in [1.807, 2.05) is 0 Å². The van der Waals surface area contributed by atoms with E-state index in [4.69, 9.17) is 32.7 Å². The number of anilines is 1. The molecule has 11 heteroatoms. The number of ether oxygens (including phenoxy) is 2. The van der Waals surface area contributed by atoms with Crippen LogP contribution in [-0.4, -0.2) is 23.9 Å². The van der Waals surface area contributed by atoms with E-state index in [9.17, 15) is 25.0 Å². The van der Waals surface area contributed by atoms with Gasteiger partial charge >= 0.3 is 5.97 Å². The van der Waals surface area contributed by atoms with Crippen LogP contribution in [0.15, 0.2) is 66.2 Å². The first-order valence-electron chi connectivity index (χ1n) is 9.74. The Bertz CT molecular complexity index is 1380. The van der Waals surface area contributed by atoms with Crippen LogP contribution in [0, 0.1) is 21.4 Å². The van der Waals surface area contributed by atoms with Crippen molar-refractivity contribution in [3.8, 4) is 17.6 Å². The number of rotatable bonds is 7. The zero-order valence-electron chi connectivity index (χ0n) is 18.0. The van der Waals surface area contributed by atoms with Crippen molar-refractivity contribution in [3.05, 3.63) is 97.5 Å². The zero-order chi connectivity index (χ0) is 25.5. The highest BCUT2D eigenvalue weighted by molar-refractivity contribution is 6.42. The van der Waals surface area contributed by atoms with Gasteiger partial charge in [-0.15, -0.1) is 0 Å². The number of hydrogen-bond acceptors (Lipinski definition) is 7. The number of esters is 1. The molecule has 0 saturated carbocycles. The van der Waals surface area contributed by atoms with Crippen LogP contribution in [-0.2, 0) is 4.79 Å². The Kier molecular flexibility index (Phi) is 8.04. The maximum absolute atomic E-state index is 12.6. The summed E-state index contributed by atoms with van der Waals surface area (Å²) in [5, 5.41) is 23.4. The van der Waals surface area contributed by atoms with Crippen LogP contribution in [0.4, 0.5) is 11.4 Å². The highest BCUT2D eigenvalue weighted by Gasteiger charge is 2.16. The van der Waals surface area contributed by atoms with E-state index >= 15 is 0 Å². The van der Waals surface area contributed by atoms with E-state index in [0.29, 0.717) is 10.6 Å². The number of benzene rings is 3. The van der Waals surface area contributed by atoms with Crippen LogP contribution in [0.1, 0.15) is 15.9 Å². The number of nitrogens with zero attached hydrogens (tertiary/aromatic N) is 2. The maximum atomic E-state index is 12.6. The normalized spacial score (nSPS) is 10.7. The lowest BCUT2D eigenvalue weighted by Gasteiger charge is -2.09. The predicted molar refractivity (Wildman–Crippen MR) is 130 cm³/mol. The number of nitro benzene ring substituents is 1. The van der Waals surface area contributed by atoms with Crippen molar-refractivity contribution in [2.24, 2.45) is 0 Å². The molecule has 176 valence electrons. The van der Waals surface area contributed by atoms with Gasteiger partial charge in [0, 0.05) is 12.1 Å². The fourth-order valence-electron chi connectivity index (χ4n) is 2.83. The Hall–Kier alpha value is -4.39. The summed E-state index contributed by atoms with van der Waals surface area (Å²) in [6, 6.07) is 15.9. The number of carbonyl (C=O) groups is 2. The Morgan fingerprint density at radius 1 is 1.06 bits per heavy atom. The lowest BCUT2D eigenvalue weighted by Crippen LogP contribution is -2.14. The van der Waals surface area contributed by atoms with Gasteiger partial charge in [-0.2, -0.15) is 5.26 Å². The van der Waals surface area contributed by atoms with E-state index in [2.05, 4.69) is 5.32 Å². The minimum absolute atomic E-state index is 0.0393. The van der Waals surface area contributed by atoms with Gasteiger partial charge in [-0.25, -0.2) is 4.79 Å². The van der Waals surface area contributed by atoms with E-state index in [-0.39, 0.29) is 39.0 Å². The van der Waals surface area contributed by atoms with Crippen molar-refractivity contribution in [2.45, 2.75) is 0 Å². The number of nitro groups is 1. The number of halogens is 2. The molecule has 3 aromatic carbocycles. The van der Waals surface area contributed by atoms with Crippen molar-refractivity contribution >= 4 is 52.5 Å². The summed E-state index contributed by atoms with van der Waals surface area (Å²) in [5.41, 5.74) is 0.201. The maximum Gasteiger partial charge on any atom is 0.343 e. The second kappa shape index (κ2) is 11.2. The summed E-state index contributed by atoms with van der Waals surface area (Å²) in [6.07, 6.45) is 1.31. The SMILES string of the molecule is COc1ccc([N+](=O)[O-])cc1NC(=O)/C(C#N)=C/c1ccc(OC(=O)c2ccc(Cl)c(Cl)c2)cc1. The number of amides is 1. The molecule has 1 N–H and O–H groups in total. The van der Waals surface area contributed by atoms with Crippen molar-refractivity contribution in [1.82, 2.24) is 0 Å². The molecule has 0 fully saturated rings. The summed E-state index contributed by atoms with van der Waals surface area (Å²) in [4.78, 5) is 35.3. The van der Waals surface area contributed by atoms with E-state index < -0.39 is 16.8 Å². The van der Waals surface area contributed by atoms with Crippen LogP contribution in [0.3, 0.4) is 0 Å². The Labute approximate surface area is 209 Å². The molecule has 9 nitrogen and oxygen atoms in total. The molecule has 0 unspecified atom stereocenters. The number of hydrogen-bond donors (Lipinski definition) is 1. The van der Waals surface area contributed by atoms with Gasteiger partial charge in [0.2, 0.25) is 0 Å². The highest BCUT2D eigenvalue weighted by atomic mass is 35.5. The number of nitriles is 1. The summed E-state index contributed by atoms with van der Waals surface area (Å²) in [5.74, 6) is -1.02. The molecule has 0 aliphatic rings. The monoisotopic (exact) mass is 511 g/mol. The molecule has 0 atom stereocenters. The Balaban J connectivity index is 1.74. The Morgan fingerprint density at radius 2 is 1.77 bits per heavy atom. The van der Waals surface area contributed by atoms with Gasteiger partial charge in [0.25, 0.3) is 11.6 Å². The number of methoxy groups -OCH3 is 1. The molecule has 0 spiro atoms. The molecule has 3 aromatic rings. The van der Waals surface area contributed by atoms with Crippen LogP contribution >= 0.6 is 23.2 Å². The third-order valence-corrected chi connectivity index (χ3v) is 5.30. The summed E-state index contributed by atoms with van der Waals surface area (Å²) < 4.78 is 10.4. The topological polar surface area (TPSA) is 132 Å². The first-order valence-corrected chi connectivity index (χ1v) is 10.5. The molecular weight excluding hydrogens is 497 g/mol. The van der Waals surface area contributed by atoms with Crippen molar-refractivity contribution < 1.29 is 24.0 Å². The summed E-state index contributed by atoms with van der Waals surface area (Å²) in [7, 11) is 1.34. The predicted octanol–water partition coefficient (Wildman–Crippen LogP) is 5.68. The minimum Gasteiger partial charge on any atom is -0.495 e. The smallest absolute Gasteiger partial charge is 0.343 e. The van der Waals surface area contributed by atoms with Gasteiger partial charge < -0.3 is 14.8 Å². The van der Waals surface area contributed by atoms with Gasteiger partial charge in [0.1, 0.15) is 23.1 Å². The third-order valence-electron chi connectivity index (χ3n) is 4.56. The van der Waals surface area contributed by atoms with Crippen molar-refractivity contribution in [3.63, 3.8) is 0 Å². The van der Waals surface area contributed by atoms with Gasteiger partial charge in [-0.05, 0) is 48.0 Å². The van der Waals surface area contributed by atoms with Crippen LogP contribution in [0.5, 0.6) is 11.5 Å². The summed E-state index contributed by atoms with van der Waals surface area (Å²) >= 11 is 11.8. The molecule has 0 radical (unpaired) electrons. The lowest BCUT2D eigenvalue weighted by atomic mass is 10.1. The fraction of sp³-hybridized carbons (Fsp3) is 0.0417. The fourth-order valence-corrected chi connectivity index (χ4v) is 3.13. The zero-order valence-corrected chi connectivity index (χ0v) is 19.5. The lowest BCUT2D eigenvalue weighted by molar-refractivity contribution is -0.384. The average Bonchev–Trinajstić information content (AvgIpc) is 2.84. The number of non-ortho nitro benzene ring substituents is 1. The second-order valence-corrected chi connectivity index (χ2v) is 7.67. The van der Waals surface area contributed by atoms with Gasteiger partial charge in [0.05, 0.1) is 33.3 Å². The van der Waals surface area contributed by atoms with Crippen molar-refractivity contribution in [1.29, 1.82) is 5.26 Å². The standard InChI is InChI=1S/C24H15Cl2N3O6/c1-34-22-9-5-17(29(32)33)12-21(22)28-23(30)16(13-27)10-14-2-6-18(7-3-14)35-24(31)15-4-8-19(25)20(26)11-15/h2-12H,1H3,(H,28,30)/b16-10+. The average molecular weight is 512 g/mol. The highest BCUT2D eigenvalue weighted by Crippen LogP contribution is 2.29. The van der Waals surface area contributed by atoms with Gasteiger partial charge in [0.15, 0.2) is 0 Å². The molecule has 1 amide bonds. The molecule has 0 aromatic heterocycles. The molecule has 35 heavy (non-hydrogen) atoms. The van der Waals surface area contributed by atoms with E-state index in [1.54, 1.807) is 6.07 Å². The quantitative estimate of drug-likeness (QED) is 0.108. The van der Waals surface area contributed by atoms with Gasteiger partial charge in [-0.1, -0.05) is 35.3 Å². The van der Waals surface area contributed by atoms with Gasteiger partial charge in [-0.3, -0.25) is 14.9 Å². The molecule has 0 bridgehead atoms. The van der Waals surface area contributed by atoms with E-state index in [1.165, 1.54) is 67.8 Å². The first-order chi connectivity index (χ1) is 16.7. The number of nitrogens with one attached hydrogen (secondary N) is 1.